The van der Waals surface area contributed by atoms with Gasteiger partial charge in [0.1, 0.15) is 5.82 Å². The summed E-state index contributed by atoms with van der Waals surface area (Å²) in [5.74, 6) is 1.40. The summed E-state index contributed by atoms with van der Waals surface area (Å²) in [5.41, 5.74) is 0.741. The van der Waals surface area contributed by atoms with Gasteiger partial charge in [0.15, 0.2) is 5.82 Å². The highest BCUT2D eigenvalue weighted by Gasteiger charge is 2.11. The van der Waals surface area contributed by atoms with E-state index in [0.717, 1.165) is 27.9 Å². The monoisotopic (exact) mass is 407 g/mol. The molecule has 0 radical (unpaired) electrons. The Hall–Kier alpha value is -0.590. The standard InChI is InChI=1S/C13H12Cl2IN3/c1-2-6-17-13-10(16)7-18-12(19-13)8-4-3-5-9(14)11(8)15/h3-5,7H,2,6H2,1H3,(H,17,18,19). The van der Waals surface area contributed by atoms with Gasteiger partial charge in [-0.15, -0.1) is 0 Å². The highest BCUT2D eigenvalue weighted by Crippen LogP contribution is 2.32. The summed E-state index contributed by atoms with van der Waals surface area (Å²) in [7, 11) is 0. The summed E-state index contributed by atoms with van der Waals surface area (Å²) in [6.07, 6.45) is 2.81. The van der Waals surface area contributed by atoms with Crippen LogP contribution in [0.2, 0.25) is 10.0 Å². The predicted octanol–water partition coefficient (Wildman–Crippen LogP) is 4.88. The third kappa shape index (κ3) is 3.49. The molecule has 0 aliphatic heterocycles. The van der Waals surface area contributed by atoms with Crippen molar-refractivity contribution in [3.63, 3.8) is 0 Å². The van der Waals surface area contributed by atoms with E-state index in [1.165, 1.54) is 0 Å². The first kappa shape index (κ1) is 14.8. The number of halogens is 3. The van der Waals surface area contributed by atoms with E-state index in [2.05, 4.69) is 44.8 Å². The Kier molecular flexibility index (Phi) is 5.24. The molecule has 0 unspecified atom stereocenters. The van der Waals surface area contributed by atoms with E-state index < -0.39 is 0 Å². The minimum Gasteiger partial charge on any atom is -0.369 e. The van der Waals surface area contributed by atoms with E-state index in [-0.39, 0.29) is 0 Å². The van der Waals surface area contributed by atoms with Crippen molar-refractivity contribution in [2.45, 2.75) is 13.3 Å². The lowest BCUT2D eigenvalue weighted by molar-refractivity contribution is 0.963. The van der Waals surface area contributed by atoms with Gasteiger partial charge in [-0.1, -0.05) is 36.2 Å². The van der Waals surface area contributed by atoms with Gasteiger partial charge in [-0.25, -0.2) is 9.97 Å². The van der Waals surface area contributed by atoms with Gasteiger partial charge < -0.3 is 5.32 Å². The summed E-state index contributed by atoms with van der Waals surface area (Å²) in [6, 6.07) is 5.44. The maximum atomic E-state index is 6.19. The molecule has 0 fully saturated rings. The fourth-order valence-electron chi connectivity index (χ4n) is 1.54. The number of hydrogen-bond donors (Lipinski definition) is 1. The van der Waals surface area contributed by atoms with E-state index in [1.807, 2.05) is 12.1 Å². The van der Waals surface area contributed by atoms with Crippen LogP contribution in [0.25, 0.3) is 11.4 Å². The number of rotatable bonds is 4. The van der Waals surface area contributed by atoms with Crippen LogP contribution in [0.4, 0.5) is 5.82 Å². The smallest absolute Gasteiger partial charge is 0.163 e. The molecule has 1 heterocycles. The predicted molar refractivity (Wildman–Crippen MR) is 89.0 cm³/mol. The van der Waals surface area contributed by atoms with Crippen molar-refractivity contribution in [3.8, 4) is 11.4 Å². The lowest BCUT2D eigenvalue weighted by Gasteiger charge is -2.09. The Bertz CT molecular complexity index is 590. The molecule has 0 aliphatic carbocycles. The van der Waals surface area contributed by atoms with Crippen LogP contribution in [0.1, 0.15) is 13.3 Å². The second-order valence-electron chi connectivity index (χ2n) is 3.92. The van der Waals surface area contributed by atoms with Gasteiger partial charge in [0, 0.05) is 18.3 Å². The van der Waals surface area contributed by atoms with Crippen molar-refractivity contribution in [3.05, 3.63) is 38.0 Å². The zero-order chi connectivity index (χ0) is 13.8. The number of benzene rings is 1. The summed E-state index contributed by atoms with van der Waals surface area (Å²) < 4.78 is 0.980. The van der Waals surface area contributed by atoms with Crippen LogP contribution < -0.4 is 5.32 Å². The van der Waals surface area contributed by atoms with E-state index in [4.69, 9.17) is 23.2 Å². The van der Waals surface area contributed by atoms with Crippen LogP contribution in [0.5, 0.6) is 0 Å². The number of nitrogens with zero attached hydrogens (tertiary/aromatic N) is 2. The Morgan fingerprint density at radius 1 is 1.32 bits per heavy atom. The zero-order valence-corrected chi connectivity index (χ0v) is 13.9. The van der Waals surface area contributed by atoms with Crippen LogP contribution in [0.15, 0.2) is 24.4 Å². The third-order valence-electron chi connectivity index (χ3n) is 2.48. The van der Waals surface area contributed by atoms with Crippen LogP contribution >= 0.6 is 45.8 Å². The van der Waals surface area contributed by atoms with Crippen molar-refractivity contribution >= 4 is 51.6 Å². The first-order valence-corrected chi connectivity index (χ1v) is 7.67. The van der Waals surface area contributed by atoms with Crippen LogP contribution in [-0.4, -0.2) is 16.5 Å². The molecule has 100 valence electrons. The van der Waals surface area contributed by atoms with E-state index in [9.17, 15) is 0 Å². The number of aromatic nitrogens is 2. The maximum absolute atomic E-state index is 6.19. The minimum atomic E-state index is 0.479. The molecular formula is C13H12Cl2IN3. The van der Waals surface area contributed by atoms with E-state index in [1.54, 1.807) is 12.3 Å². The molecule has 1 aromatic heterocycles. The fraction of sp³-hybridized carbons (Fsp3) is 0.231. The zero-order valence-electron chi connectivity index (χ0n) is 10.3. The Morgan fingerprint density at radius 2 is 2.11 bits per heavy atom. The average Bonchev–Trinajstić information content (AvgIpc) is 2.41. The van der Waals surface area contributed by atoms with Gasteiger partial charge >= 0.3 is 0 Å². The van der Waals surface area contributed by atoms with Gasteiger partial charge in [0.05, 0.1) is 13.6 Å². The van der Waals surface area contributed by atoms with E-state index in [0.29, 0.717) is 15.9 Å². The highest BCUT2D eigenvalue weighted by molar-refractivity contribution is 14.1. The average molecular weight is 408 g/mol. The number of nitrogens with one attached hydrogen (secondary N) is 1. The van der Waals surface area contributed by atoms with Gasteiger partial charge in [0.2, 0.25) is 0 Å². The normalized spacial score (nSPS) is 10.5. The number of hydrogen-bond acceptors (Lipinski definition) is 3. The van der Waals surface area contributed by atoms with Gasteiger partial charge in [0.25, 0.3) is 0 Å². The first-order valence-electron chi connectivity index (χ1n) is 5.84. The summed E-state index contributed by atoms with van der Waals surface area (Å²) in [5, 5.41) is 4.25. The van der Waals surface area contributed by atoms with Crippen molar-refractivity contribution in [2.24, 2.45) is 0 Å². The van der Waals surface area contributed by atoms with Gasteiger partial charge in [-0.2, -0.15) is 0 Å². The van der Waals surface area contributed by atoms with Gasteiger partial charge in [-0.05, 0) is 41.1 Å². The number of anilines is 1. The van der Waals surface area contributed by atoms with E-state index >= 15 is 0 Å². The Balaban J connectivity index is 2.42. The lowest BCUT2D eigenvalue weighted by Crippen LogP contribution is -2.05. The van der Waals surface area contributed by atoms with Crippen molar-refractivity contribution in [1.82, 2.24) is 9.97 Å². The molecular weight excluding hydrogens is 396 g/mol. The van der Waals surface area contributed by atoms with Crippen LogP contribution in [0, 0.1) is 3.57 Å². The molecule has 0 spiro atoms. The fourth-order valence-corrected chi connectivity index (χ4v) is 2.38. The summed E-state index contributed by atoms with van der Waals surface area (Å²) in [4.78, 5) is 8.83. The second kappa shape index (κ2) is 6.72. The topological polar surface area (TPSA) is 37.8 Å². The molecule has 1 N–H and O–H groups in total. The second-order valence-corrected chi connectivity index (χ2v) is 5.87. The molecule has 1 aromatic carbocycles. The molecule has 19 heavy (non-hydrogen) atoms. The SMILES string of the molecule is CCCNc1nc(-c2cccc(Cl)c2Cl)ncc1I. The van der Waals surface area contributed by atoms with Crippen molar-refractivity contribution in [1.29, 1.82) is 0 Å². The molecule has 6 heteroatoms. The quantitative estimate of drug-likeness (QED) is 0.734. The molecule has 0 atom stereocenters. The summed E-state index contributed by atoms with van der Waals surface area (Å²) in [6.45, 7) is 2.98. The molecule has 3 nitrogen and oxygen atoms in total. The third-order valence-corrected chi connectivity index (χ3v) is 4.09. The first-order chi connectivity index (χ1) is 9.13. The summed E-state index contributed by atoms with van der Waals surface area (Å²) >= 11 is 14.4. The maximum Gasteiger partial charge on any atom is 0.163 e. The van der Waals surface area contributed by atoms with Crippen molar-refractivity contribution < 1.29 is 0 Å². The molecule has 2 aromatic rings. The Labute approximate surface area is 135 Å². The molecule has 2 rings (SSSR count). The van der Waals surface area contributed by atoms with Crippen LogP contribution in [0.3, 0.4) is 0 Å². The highest BCUT2D eigenvalue weighted by atomic mass is 127. The molecule has 0 amide bonds. The lowest BCUT2D eigenvalue weighted by atomic mass is 10.2. The molecule has 0 saturated carbocycles. The van der Waals surface area contributed by atoms with Gasteiger partial charge in [-0.3, -0.25) is 0 Å². The minimum absolute atomic E-state index is 0.479. The van der Waals surface area contributed by atoms with Crippen LogP contribution in [-0.2, 0) is 0 Å². The molecule has 0 bridgehead atoms. The Morgan fingerprint density at radius 3 is 2.84 bits per heavy atom. The molecule has 0 aliphatic rings. The molecule has 0 saturated heterocycles. The van der Waals surface area contributed by atoms with Crippen molar-refractivity contribution in [2.75, 3.05) is 11.9 Å². The largest absolute Gasteiger partial charge is 0.369 e.